The predicted molar refractivity (Wildman–Crippen MR) is 187 cm³/mol. The largest absolute Gasteiger partial charge is 0.387 e. The number of aryl methyl sites for hydroxylation is 2. The number of aliphatic hydroxyl groups excluding tert-OH is 3. The van der Waals surface area contributed by atoms with Crippen molar-refractivity contribution >= 4 is 11.7 Å². The Morgan fingerprint density at radius 3 is 2.23 bits per heavy atom. The Labute approximate surface area is 286 Å². The van der Waals surface area contributed by atoms with Crippen molar-refractivity contribution in [1.29, 1.82) is 0 Å². The molecule has 0 aromatic heterocycles. The van der Waals surface area contributed by atoms with Crippen molar-refractivity contribution in [1.82, 2.24) is 10.2 Å². The van der Waals surface area contributed by atoms with Gasteiger partial charge in [0.05, 0.1) is 11.0 Å². The molecule has 48 heavy (non-hydrogen) atoms. The number of rotatable bonds is 15. The summed E-state index contributed by atoms with van der Waals surface area (Å²) in [5, 5.41) is 47.1. The molecule has 9 nitrogen and oxygen atoms in total. The smallest absolute Gasteiger partial charge is 0.226 e. The van der Waals surface area contributed by atoms with E-state index < -0.39 is 40.5 Å². The molecule has 1 saturated heterocycles. The Morgan fingerprint density at radius 1 is 1.02 bits per heavy atom. The van der Waals surface area contributed by atoms with Gasteiger partial charge < -0.3 is 35.4 Å². The quantitative estimate of drug-likeness (QED) is 0.193. The maximum atomic E-state index is 12.9. The number of hydrogen-bond acceptors (Lipinski definition) is 8. The average Bonchev–Trinajstić information content (AvgIpc) is 3.01. The lowest BCUT2D eigenvalue weighted by atomic mass is 9.65. The van der Waals surface area contributed by atoms with E-state index in [9.17, 15) is 30.0 Å². The molecule has 1 heterocycles. The highest BCUT2D eigenvalue weighted by Crippen LogP contribution is 2.49. The van der Waals surface area contributed by atoms with Crippen LogP contribution in [-0.4, -0.2) is 93.7 Å². The molecule has 5 atom stereocenters. The molecule has 2 aliphatic rings. The summed E-state index contributed by atoms with van der Waals surface area (Å²) in [4.78, 5) is 27.8. The minimum absolute atomic E-state index is 0.0246. The van der Waals surface area contributed by atoms with Gasteiger partial charge in [-0.2, -0.15) is 0 Å². The van der Waals surface area contributed by atoms with E-state index in [4.69, 9.17) is 4.74 Å². The molecule has 2 aromatic rings. The van der Waals surface area contributed by atoms with Gasteiger partial charge in [-0.15, -0.1) is 0 Å². The molecule has 2 aromatic carbocycles. The van der Waals surface area contributed by atoms with E-state index in [0.717, 1.165) is 60.9 Å². The van der Waals surface area contributed by atoms with Crippen LogP contribution >= 0.6 is 0 Å². The van der Waals surface area contributed by atoms with Gasteiger partial charge in [0.2, 0.25) is 5.91 Å². The maximum Gasteiger partial charge on any atom is 0.226 e. The number of nitrogens with zero attached hydrogens (tertiary/aromatic N) is 1. The fourth-order valence-corrected chi connectivity index (χ4v) is 7.27. The standard InChI is InChI=1S/C39H58N2O7/c1-8-39(34(45)32(43)33(44)37(5,48-39)36(3,4)47)30-18-13-26(2)29(24-30)23-28-16-14-27(15-17-28)11-9-12-31(42)25-38(19-10-20-38)35(46)40-21-22-41(6)7/h13-18,24,32-34,43-45,47H,8-12,19-23,25H2,1-7H3,(H,40,46)/t32-,33-,34+,37-,39-/m0/s1. The minimum atomic E-state index is -1.54. The number of benzene rings is 2. The van der Waals surface area contributed by atoms with Crippen LogP contribution in [0.25, 0.3) is 0 Å². The first-order valence-electron chi connectivity index (χ1n) is 17.6. The Hall–Kier alpha value is -2.66. The predicted octanol–water partition coefficient (Wildman–Crippen LogP) is 3.96. The van der Waals surface area contributed by atoms with Crippen molar-refractivity contribution < 1.29 is 34.8 Å². The highest BCUT2D eigenvalue weighted by Gasteiger charge is 2.62. The number of hydrogen-bond donors (Lipinski definition) is 5. The van der Waals surface area contributed by atoms with Crippen molar-refractivity contribution in [3.63, 3.8) is 0 Å². The van der Waals surface area contributed by atoms with Gasteiger partial charge in [-0.3, -0.25) is 9.59 Å². The number of ether oxygens (including phenoxy) is 1. The first-order chi connectivity index (χ1) is 22.5. The SMILES string of the molecule is CC[C@@]1(c2ccc(C)c(Cc3ccc(CCCC(=O)CC4(C(=O)NCCN(C)C)CCC4)cc3)c2)O[C@](C)(C(C)(C)O)[C@@H](O)[C@H](O)[C@H]1O. The maximum absolute atomic E-state index is 12.9. The molecule has 0 bridgehead atoms. The van der Waals surface area contributed by atoms with Crippen LogP contribution < -0.4 is 5.32 Å². The molecule has 0 radical (unpaired) electrons. The van der Waals surface area contributed by atoms with Gasteiger partial charge in [0.15, 0.2) is 0 Å². The molecular weight excluding hydrogens is 608 g/mol. The van der Waals surface area contributed by atoms with Crippen LogP contribution in [0.2, 0.25) is 0 Å². The first-order valence-corrected chi connectivity index (χ1v) is 17.6. The minimum Gasteiger partial charge on any atom is -0.387 e. The number of ketones is 1. The molecule has 9 heteroatoms. The molecule has 266 valence electrons. The van der Waals surface area contributed by atoms with E-state index in [1.54, 1.807) is 6.92 Å². The molecule has 0 spiro atoms. The third-order valence-corrected chi connectivity index (χ3v) is 11.2. The highest BCUT2D eigenvalue weighted by atomic mass is 16.6. The van der Waals surface area contributed by atoms with Gasteiger partial charge in [-0.05, 0) is 108 Å². The summed E-state index contributed by atoms with van der Waals surface area (Å²) < 4.78 is 6.49. The van der Waals surface area contributed by atoms with Crippen LogP contribution in [0.3, 0.4) is 0 Å². The summed E-state index contributed by atoms with van der Waals surface area (Å²) in [6.45, 7) is 9.90. The van der Waals surface area contributed by atoms with Crippen LogP contribution in [0.4, 0.5) is 0 Å². The van der Waals surface area contributed by atoms with E-state index in [1.165, 1.54) is 13.8 Å². The molecule has 0 unspecified atom stereocenters. The lowest BCUT2D eigenvalue weighted by molar-refractivity contribution is -0.346. The third kappa shape index (κ3) is 7.87. The lowest BCUT2D eigenvalue weighted by Gasteiger charge is -2.57. The fraction of sp³-hybridized carbons (Fsp3) is 0.641. The van der Waals surface area contributed by atoms with Crippen molar-refractivity contribution in [3.8, 4) is 0 Å². The molecule has 1 amide bonds. The molecular formula is C39H58N2O7. The molecule has 1 aliphatic heterocycles. The molecule has 5 N–H and O–H groups in total. The van der Waals surface area contributed by atoms with Crippen LogP contribution in [0.1, 0.15) is 100 Å². The second-order valence-corrected chi connectivity index (χ2v) is 15.3. The van der Waals surface area contributed by atoms with Crippen LogP contribution in [0.15, 0.2) is 42.5 Å². The second kappa shape index (κ2) is 15.1. The summed E-state index contributed by atoms with van der Waals surface area (Å²) in [5.74, 6) is 0.183. The first kappa shape index (κ1) is 38.1. The monoisotopic (exact) mass is 666 g/mol. The third-order valence-electron chi connectivity index (χ3n) is 11.2. The van der Waals surface area contributed by atoms with Gasteiger partial charge in [0.25, 0.3) is 0 Å². The lowest BCUT2D eigenvalue weighted by Crippen LogP contribution is -2.73. The molecule has 1 saturated carbocycles. The zero-order valence-electron chi connectivity index (χ0n) is 30.0. The Balaban J connectivity index is 1.38. The van der Waals surface area contributed by atoms with Gasteiger partial charge >= 0.3 is 0 Å². The number of amides is 1. The molecule has 4 rings (SSSR count). The van der Waals surface area contributed by atoms with Gasteiger partial charge in [0, 0.05) is 25.9 Å². The van der Waals surface area contributed by atoms with Gasteiger partial charge in [-0.1, -0.05) is 55.8 Å². The Morgan fingerprint density at radius 2 is 1.67 bits per heavy atom. The normalized spacial score (nSPS) is 27.0. The summed E-state index contributed by atoms with van der Waals surface area (Å²) in [5.41, 5.74) is 0.142. The van der Waals surface area contributed by atoms with Gasteiger partial charge in [0.1, 0.15) is 35.3 Å². The topological polar surface area (TPSA) is 140 Å². The number of carbonyl (C=O) groups excluding carboxylic acids is 2. The fourth-order valence-electron chi connectivity index (χ4n) is 7.27. The number of carbonyl (C=O) groups is 2. The van der Waals surface area contributed by atoms with Crippen LogP contribution in [0.5, 0.6) is 0 Å². The number of Topliss-reactive ketones (excluding diaryl/α,β-unsaturated/α-hetero) is 1. The van der Waals surface area contributed by atoms with Crippen LogP contribution in [-0.2, 0) is 32.8 Å². The number of aliphatic hydroxyl groups is 4. The van der Waals surface area contributed by atoms with Gasteiger partial charge in [-0.25, -0.2) is 0 Å². The highest BCUT2D eigenvalue weighted by molar-refractivity contribution is 5.90. The number of likely N-dealkylation sites (N-methyl/N-ethyl adjacent to an activating group) is 1. The zero-order valence-corrected chi connectivity index (χ0v) is 30.0. The van der Waals surface area contributed by atoms with E-state index in [-0.39, 0.29) is 11.7 Å². The zero-order chi connectivity index (χ0) is 35.5. The Bertz CT molecular complexity index is 1410. The summed E-state index contributed by atoms with van der Waals surface area (Å²) >= 11 is 0. The summed E-state index contributed by atoms with van der Waals surface area (Å²) in [7, 11) is 3.94. The van der Waals surface area contributed by atoms with E-state index in [2.05, 4.69) is 29.6 Å². The van der Waals surface area contributed by atoms with Crippen molar-refractivity contribution in [2.45, 2.75) is 128 Å². The van der Waals surface area contributed by atoms with E-state index in [0.29, 0.717) is 37.8 Å². The van der Waals surface area contributed by atoms with Crippen molar-refractivity contribution in [2.75, 3.05) is 27.2 Å². The van der Waals surface area contributed by atoms with Crippen LogP contribution in [0, 0.1) is 12.3 Å². The summed E-state index contributed by atoms with van der Waals surface area (Å²) in [6, 6.07) is 14.2. The average molecular weight is 667 g/mol. The van der Waals surface area contributed by atoms with E-state index in [1.807, 2.05) is 51.0 Å². The van der Waals surface area contributed by atoms with Crippen molar-refractivity contribution in [3.05, 3.63) is 70.3 Å². The second-order valence-electron chi connectivity index (χ2n) is 15.3. The molecule has 2 fully saturated rings. The number of nitrogens with one attached hydrogen (secondary N) is 1. The van der Waals surface area contributed by atoms with E-state index >= 15 is 0 Å². The van der Waals surface area contributed by atoms with Crippen molar-refractivity contribution in [2.24, 2.45) is 5.41 Å². The molecule has 1 aliphatic carbocycles. The Kier molecular flexibility index (Phi) is 12.0. The summed E-state index contributed by atoms with van der Waals surface area (Å²) in [6.07, 6.45) is 1.43.